The van der Waals surface area contributed by atoms with E-state index in [1.807, 2.05) is 25.1 Å². The molecule has 2 N–H and O–H groups in total. The molecule has 0 aliphatic carbocycles. The lowest BCUT2D eigenvalue weighted by Gasteiger charge is -2.27. The van der Waals surface area contributed by atoms with Crippen LogP contribution in [0.4, 0.5) is 0 Å². The highest BCUT2D eigenvalue weighted by Crippen LogP contribution is 2.40. The van der Waals surface area contributed by atoms with Crippen molar-refractivity contribution >= 4 is 5.97 Å². The smallest absolute Gasteiger partial charge is 0.338 e. The number of ether oxygens (including phenoxy) is 3. The molecule has 0 amide bonds. The number of hydrogen-bond acceptors (Lipinski definition) is 6. The fourth-order valence-corrected chi connectivity index (χ4v) is 3.08. The van der Waals surface area contributed by atoms with E-state index in [4.69, 9.17) is 19.9 Å². The summed E-state index contributed by atoms with van der Waals surface area (Å²) in [5.41, 5.74) is 8.02. The van der Waals surface area contributed by atoms with Gasteiger partial charge in [0.25, 0.3) is 0 Å². The van der Waals surface area contributed by atoms with E-state index in [-0.39, 0.29) is 23.6 Å². The van der Waals surface area contributed by atoms with Crippen molar-refractivity contribution in [3.05, 3.63) is 64.8 Å². The summed E-state index contributed by atoms with van der Waals surface area (Å²) in [4.78, 5) is 12.6. The number of rotatable bonds is 7. The minimum absolute atomic E-state index is 0.00722. The SMILES string of the molecule is C=CCc1cc(C2C(C#N)=C(N)OC(C)=C2C(=O)OCC)ccc1OCC. The lowest BCUT2D eigenvalue weighted by molar-refractivity contribution is -0.139. The number of allylic oxidation sites excluding steroid dienone is 3. The highest BCUT2D eigenvalue weighted by Gasteiger charge is 2.36. The molecule has 0 aromatic heterocycles. The summed E-state index contributed by atoms with van der Waals surface area (Å²) in [5.74, 6) is -0.134. The van der Waals surface area contributed by atoms with Crippen LogP contribution in [-0.2, 0) is 20.7 Å². The topological polar surface area (TPSA) is 94.6 Å². The third kappa shape index (κ3) is 4.14. The summed E-state index contributed by atoms with van der Waals surface area (Å²) in [7, 11) is 0. The number of nitrogens with two attached hydrogens (primary N) is 1. The van der Waals surface area contributed by atoms with E-state index in [0.717, 1.165) is 16.9 Å². The maximum Gasteiger partial charge on any atom is 0.338 e. The Morgan fingerprint density at radius 2 is 2.15 bits per heavy atom. The largest absolute Gasteiger partial charge is 0.494 e. The monoisotopic (exact) mass is 368 g/mol. The molecule has 6 nitrogen and oxygen atoms in total. The van der Waals surface area contributed by atoms with Crippen molar-refractivity contribution < 1.29 is 19.0 Å². The predicted molar refractivity (Wildman–Crippen MR) is 101 cm³/mol. The van der Waals surface area contributed by atoms with Gasteiger partial charge in [0.15, 0.2) is 0 Å². The van der Waals surface area contributed by atoms with E-state index in [1.54, 1.807) is 19.9 Å². The van der Waals surface area contributed by atoms with Crippen LogP contribution < -0.4 is 10.5 Å². The van der Waals surface area contributed by atoms with Crippen LogP contribution in [0.25, 0.3) is 0 Å². The maximum absolute atomic E-state index is 12.6. The quantitative estimate of drug-likeness (QED) is 0.585. The standard InChI is InChI=1S/C21H24N2O4/c1-5-8-14-11-15(9-10-17(14)25-6-2)19-16(12-22)20(23)27-13(4)18(19)21(24)26-7-3/h5,9-11,19H,1,6-8,23H2,2-4H3. The van der Waals surface area contributed by atoms with Gasteiger partial charge in [-0.25, -0.2) is 4.79 Å². The number of hydrogen-bond donors (Lipinski definition) is 1. The van der Waals surface area contributed by atoms with Gasteiger partial charge in [-0.3, -0.25) is 0 Å². The summed E-state index contributed by atoms with van der Waals surface area (Å²) < 4.78 is 16.3. The van der Waals surface area contributed by atoms with E-state index in [1.165, 1.54) is 0 Å². The van der Waals surface area contributed by atoms with Crippen molar-refractivity contribution in [3.8, 4) is 11.8 Å². The zero-order valence-corrected chi connectivity index (χ0v) is 15.9. The molecule has 0 saturated heterocycles. The lowest BCUT2D eigenvalue weighted by Crippen LogP contribution is -2.25. The van der Waals surface area contributed by atoms with Gasteiger partial charge >= 0.3 is 5.97 Å². The molecule has 0 spiro atoms. The minimum Gasteiger partial charge on any atom is -0.494 e. The Balaban J connectivity index is 2.63. The molecule has 142 valence electrons. The van der Waals surface area contributed by atoms with Crippen LogP contribution in [0.2, 0.25) is 0 Å². The van der Waals surface area contributed by atoms with Crippen LogP contribution >= 0.6 is 0 Å². The van der Waals surface area contributed by atoms with Gasteiger partial charge in [0, 0.05) is 0 Å². The molecule has 1 unspecified atom stereocenters. The second-order valence-corrected chi connectivity index (χ2v) is 5.91. The Kier molecular flexibility index (Phi) is 6.67. The fraction of sp³-hybridized carbons (Fsp3) is 0.333. The zero-order chi connectivity index (χ0) is 20.0. The van der Waals surface area contributed by atoms with E-state index in [9.17, 15) is 10.1 Å². The zero-order valence-electron chi connectivity index (χ0n) is 15.9. The summed E-state index contributed by atoms with van der Waals surface area (Å²) in [6, 6.07) is 7.63. The van der Waals surface area contributed by atoms with Gasteiger partial charge in [0.2, 0.25) is 5.88 Å². The number of carbonyl (C=O) groups excluding carboxylic acids is 1. The van der Waals surface area contributed by atoms with Crippen LogP contribution in [0, 0.1) is 11.3 Å². The minimum atomic E-state index is -0.665. The van der Waals surface area contributed by atoms with Crippen molar-refractivity contribution in [2.24, 2.45) is 5.73 Å². The van der Waals surface area contributed by atoms with E-state index < -0.39 is 11.9 Å². The number of nitriles is 1. The third-order valence-corrected chi connectivity index (χ3v) is 4.18. The van der Waals surface area contributed by atoms with Crippen molar-refractivity contribution in [1.29, 1.82) is 5.26 Å². The average Bonchev–Trinajstić information content (AvgIpc) is 2.63. The molecule has 1 aromatic rings. The highest BCUT2D eigenvalue weighted by molar-refractivity contribution is 5.92. The van der Waals surface area contributed by atoms with E-state index in [2.05, 4.69) is 12.6 Å². The molecule has 0 saturated carbocycles. The Labute approximate surface area is 159 Å². The van der Waals surface area contributed by atoms with Crippen LogP contribution in [-0.4, -0.2) is 19.2 Å². The first-order valence-corrected chi connectivity index (χ1v) is 8.80. The summed E-state index contributed by atoms with van der Waals surface area (Å²) >= 11 is 0. The van der Waals surface area contributed by atoms with Gasteiger partial charge in [-0.1, -0.05) is 18.2 Å². The van der Waals surface area contributed by atoms with Crippen molar-refractivity contribution in [3.63, 3.8) is 0 Å². The average molecular weight is 368 g/mol. The van der Waals surface area contributed by atoms with Gasteiger partial charge in [-0.2, -0.15) is 5.26 Å². The van der Waals surface area contributed by atoms with Gasteiger partial charge in [0.1, 0.15) is 23.2 Å². The molecule has 1 heterocycles. The van der Waals surface area contributed by atoms with Crippen molar-refractivity contribution in [1.82, 2.24) is 0 Å². The second kappa shape index (κ2) is 8.95. The Bertz CT molecular complexity index is 846. The fourth-order valence-electron chi connectivity index (χ4n) is 3.08. The van der Waals surface area contributed by atoms with Gasteiger partial charge in [-0.05, 0) is 44.4 Å². The first-order chi connectivity index (χ1) is 13.0. The summed E-state index contributed by atoms with van der Waals surface area (Å²) in [5, 5.41) is 9.64. The van der Waals surface area contributed by atoms with Crippen LogP contribution in [0.15, 0.2) is 53.6 Å². The normalized spacial score (nSPS) is 16.4. The molecule has 27 heavy (non-hydrogen) atoms. The van der Waals surface area contributed by atoms with Gasteiger partial charge in [0.05, 0.1) is 24.7 Å². The Morgan fingerprint density at radius 3 is 2.74 bits per heavy atom. The molecule has 1 aliphatic rings. The van der Waals surface area contributed by atoms with E-state index in [0.29, 0.717) is 18.8 Å². The van der Waals surface area contributed by atoms with Gasteiger partial charge in [-0.15, -0.1) is 6.58 Å². The Morgan fingerprint density at radius 1 is 1.41 bits per heavy atom. The molecule has 0 bridgehead atoms. The third-order valence-electron chi connectivity index (χ3n) is 4.18. The predicted octanol–water partition coefficient (Wildman–Crippen LogP) is 3.46. The number of carbonyl (C=O) groups is 1. The molecule has 6 heteroatoms. The molecule has 1 aliphatic heterocycles. The number of benzene rings is 1. The van der Waals surface area contributed by atoms with Crippen LogP contribution in [0.3, 0.4) is 0 Å². The van der Waals surface area contributed by atoms with E-state index >= 15 is 0 Å². The highest BCUT2D eigenvalue weighted by atomic mass is 16.5. The molecular weight excluding hydrogens is 344 g/mol. The van der Waals surface area contributed by atoms with Crippen molar-refractivity contribution in [2.75, 3.05) is 13.2 Å². The molecule has 1 atom stereocenters. The first kappa shape index (κ1) is 20.1. The van der Waals surface area contributed by atoms with Crippen molar-refractivity contribution in [2.45, 2.75) is 33.1 Å². The van der Waals surface area contributed by atoms with Crippen LogP contribution in [0.5, 0.6) is 5.75 Å². The second-order valence-electron chi connectivity index (χ2n) is 5.91. The summed E-state index contributed by atoms with van der Waals surface area (Å²) in [6.45, 7) is 9.80. The molecule has 0 fully saturated rings. The molecule has 0 radical (unpaired) electrons. The Hall–Kier alpha value is -3.20. The molecule has 2 rings (SSSR count). The van der Waals surface area contributed by atoms with Crippen LogP contribution in [0.1, 0.15) is 37.8 Å². The van der Waals surface area contributed by atoms with Gasteiger partial charge < -0.3 is 19.9 Å². The molecule has 1 aromatic carbocycles. The molecular formula is C21H24N2O4. The number of nitrogens with zero attached hydrogens (tertiary/aromatic N) is 1. The first-order valence-electron chi connectivity index (χ1n) is 8.80. The number of esters is 1. The summed E-state index contributed by atoms with van der Waals surface area (Å²) in [6.07, 6.45) is 2.36. The lowest BCUT2D eigenvalue weighted by atomic mass is 9.82. The maximum atomic E-state index is 12.6.